The molecule has 0 bridgehead atoms. The van der Waals surface area contributed by atoms with E-state index in [0.717, 1.165) is 19.7 Å². The van der Waals surface area contributed by atoms with Gasteiger partial charge in [-0.3, -0.25) is 0 Å². The molecule has 2 rings (SSSR count). The van der Waals surface area contributed by atoms with E-state index in [4.69, 9.17) is 4.74 Å². The summed E-state index contributed by atoms with van der Waals surface area (Å²) in [7, 11) is 3.81. The monoisotopic (exact) mass is 284 g/mol. The molecule has 0 aromatic heterocycles. The fraction of sp³-hybridized carbons (Fsp3) is 0.333. The maximum absolute atomic E-state index is 5.02. The molecule has 0 heterocycles. The van der Waals surface area contributed by atoms with E-state index in [0.29, 0.717) is 0 Å². The van der Waals surface area contributed by atoms with Gasteiger partial charge in [0.05, 0.1) is 6.61 Å². The minimum atomic E-state index is 0.744. The maximum Gasteiger partial charge on any atom is 0.0587 e. The number of rotatable bonds is 7. The van der Waals surface area contributed by atoms with Crippen molar-refractivity contribution in [2.45, 2.75) is 13.5 Å². The molecule has 0 amide bonds. The molecule has 0 unspecified atom stereocenters. The first-order chi connectivity index (χ1) is 10.2. The highest BCUT2D eigenvalue weighted by atomic mass is 16.5. The molecule has 0 fully saturated rings. The van der Waals surface area contributed by atoms with Crippen LogP contribution in [0.2, 0.25) is 0 Å². The lowest BCUT2D eigenvalue weighted by Gasteiger charge is -2.20. The van der Waals surface area contributed by atoms with Crippen molar-refractivity contribution in [1.82, 2.24) is 5.32 Å². The number of aryl methyl sites for hydroxylation is 1. The van der Waals surface area contributed by atoms with Gasteiger partial charge >= 0.3 is 0 Å². The summed E-state index contributed by atoms with van der Waals surface area (Å²) < 4.78 is 5.02. The van der Waals surface area contributed by atoms with Crippen molar-refractivity contribution < 1.29 is 4.74 Å². The fourth-order valence-corrected chi connectivity index (χ4v) is 2.16. The summed E-state index contributed by atoms with van der Waals surface area (Å²) in [4.78, 5) is 2.20. The largest absolute Gasteiger partial charge is 0.383 e. The van der Waals surface area contributed by atoms with Gasteiger partial charge in [-0.1, -0.05) is 29.8 Å². The van der Waals surface area contributed by atoms with Crippen molar-refractivity contribution in [2.24, 2.45) is 0 Å². The van der Waals surface area contributed by atoms with E-state index in [-0.39, 0.29) is 0 Å². The first kappa shape index (κ1) is 15.5. The standard InChI is InChI=1S/C18H24N2O/c1-15-4-8-17(9-5-15)20(2)18-10-6-16(7-11-18)14-19-12-13-21-3/h4-11,19H,12-14H2,1-3H3. The Morgan fingerprint density at radius 1 is 0.952 bits per heavy atom. The zero-order valence-electron chi connectivity index (χ0n) is 13.1. The predicted molar refractivity (Wildman–Crippen MR) is 89.3 cm³/mol. The molecule has 21 heavy (non-hydrogen) atoms. The Morgan fingerprint density at radius 2 is 1.52 bits per heavy atom. The molecule has 0 aliphatic rings. The number of anilines is 2. The molecular weight excluding hydrogens is 260 g/mol. The molecule has 0 radical (unpaired) electrons. The summed E-state index contributed by atoms with van der Waals surface area (Å²) in [5.74, 6) is 0. The van der Waals surface area contributed by atoms with Gasteiger partial charge in [0.15, 0.2) is 0 Å². The summed E-state index contributed by atoms with van der Waals surface area (Å²) in [6.45, 7) is 4.60. The van der Waals surface area contributed by atoms with Crippen LogP contribution in [0.5, 0.6) is 0 Å². The molecule has 3 heteroatoms. The van der Waals surface area contributed by atoms with Crippen LogP contribution in [0, 0.1) is 6.92 Å². The second-order valence-electron chi connectivity index (χ2n) is 5.23. The van der Waals surface area contributed by atoms with Crippen molar-refractivity contribution in [3.8, 4) is 0 Å². The van der Waals surface area contributed by atoms with Crippen LogP contribution < -0.4 is 10.2 Å². The van der Waals surface area contributed by atoms with Crippen LogP contribution in [0.25, 0.3) is 0 Å². The molecule has 3 nitrogen and oxygen atoms in total. The summed E-state index contributed by atoms with van der Waals surface area (Å²) >= 11 is 0. The second kappa shape index (κ2) is 7.81. The van der Waals surface area contributed by atoms with E-state index in [1.165, 1.54) is 22.5 Å². The molecular formula is C18H24N2O. The zero-order chi connectivity index (χ0) is 15.1. The number of nitrogens with zero attached hydrogens (tertiary/aromatic N) is 1. The van der Waals surface area contributed by atoms with E-state index in [9.17, 15) is 0 Å². The van der Waals surface area contributed by atoms with E-state index in [1.54, 1.807) is 7.11 Å². The van der Waals surface area contributed by atoms with Crippen LogP contribution >= 0.6 is 0 Å². The third-order valence-corrected chi connectivity index (χ3v) is 3.56. The average molecular weight is 284 g/mol. The minimum absolute atomic E-state index is 0.744. The molecule has 2 aromatic carbocycles. The van der Waals surface area contributed by atoms with Crippen LogP contribution in [0.4, 0.5) is 11.4 Å². The van der Waals surface area contributed by atoms with Gasteiger partial charge in [-0.2, -0.15) is 0 Å². The Balaban J connectivity index is 1.96. The van der Waals surface area contributed by atoms with Crippen LogP contribution in [-0.2, 0) is 11.3 Å². The Kier molecular flexibility index (Phi) is 5.78. The molecule has 1 N–H and O–H groups in total. The molecule has 2 aromatic rings. The Labute approximate surface area is 127 Å². The van der Waals surface area contributed by atoms with Gasteiger partial charge in [-0.05, 0) is 36.8 Å². The average Bonchev–Trinajstić information content (AvgIpc) is 2.52. The summed E-state index contributed by atoms with van der Waals surface area (Å²) in [6.07, 6.45) is 0. The van der Waals surface area contributed by atoms with Gasteiger partial charge in [-0.15, -0.1) is 0 Å². The van der Waals surface area contributed by atoms with Gasteiger partial charge in [0, 0.05) is 38.6 Å². The maximum atomic E-state index is 5.02. The summed E-state index contributed by atoms with van der Waals surface area (Å²) in [6, 6.07) is 17.2. The van der Waals surface area contributed by atoms with E-state index in [2.05, 4.69) is 72.7 Å². The Morgan fingerprint density at radius 3 is 2.10 bits per heavy atom. The Hall–Kier alpha value is -1.84. The molecule has 0 aliphatic carbocycles. The second-order valence-corrected chi connectivity index (χ2v) is 5.23. The zero-order valence-corrected chi connectivity index (χ0v) is 13.1. The number of benzene rings is 2. The topological polar surface area (TPSA) is 24.5 Å². The highest BCUT2D eigenvalue weighted by Crippen LogP contribution is 2.23. The van der Waals surface area contributed by atoms with Crippen LogP contribution in [0.3, 0.4) is 0 Å². The van der Waals surface area contributed by atoms with Crippen molar-refractivity contribution in [2.75, 3.05) is 32.2 Å². The first-order valence-corrected chi connectivity index (χ1v) is 7.29. The third-order valence-electron chi connectivity index (χ3n) is 3.56. The Bertz CT molecular complexity index is 534. The SMILES string of the molecule is COCCNCc1ccc(N(C)c2ccc(C)cc2)cc1. The van der Waals surface area contributed by atoms with Gasteiger partial charge in [0.2, 0.25) is 0 Å². The summed E-state index contributed by atoms with van der Waals surface area (Å²) in [5.41, 5.74) is 4.96. The van der Waals surface area contributed by atoms with Gasteiger partial charge in [-0.25, -0.2) is 0 Å². The minimum Gasteiger partial charge on any atom is -0.383 e. The summed E-state index contributed by atoms with van der Waals surface area (Å²) in [5, 5.41) is 3.35. The van der Waals surface area contributed by atoms with Crippen LogP contribution in [0.15, 0.2) is 48.5 Å². The molecule has 0 saturated heterocycles. The highest BCUT2D eigenvalue weighted by Gasteiger charge is 2.03. The van der Waals surface area contributed by atoms with Crippen molar-refractivity contribution in [3.63, 3.8) is 0 Å². The van der Waals surface area contributed by atoms with Crippen molar-refractivity contribution in [1.29, 1.82) is 0 Å². The molecule has 0 spiro atoms. The quantitative estimate of drug-likeness (QED) is 0.788. The molecule has 112 valence electrons. The van der Waals surface area contributed by atoms with E-state index >= 15 is 0 Å². The number of hydrogen-bond acceptors (Lipinski definition) is 3. The predicted octanol–water partition coefficient (Wildman–Crippen LogP) is 3.50. The van der Waals surface area contributed by atoms with Crippen LogP contribution in [-0.4, -0.2) is 27.3 Å². The van der Waals surface area contributed by atoms with Gasteiger partial charge in [0.25, 0.3) is 0 Å². The number of hydrogen-bond donors (Lipinski definition) is 1. The van der Waals surface area contributed by atoms with Crippen molar-refractivity contribution in [3.05, 3.63) is 59.7 Å². The highest BCUT2D eigenvalue weighted by molar-refractivity contribution is 5.62. The van der Waals surface area contributed by atoms with E-state index in [1.807, 2.05) is 0 Å². The molecule has 0 aliphatic heterocycles. The fourth-order valence-electron chi connectivity index (χ4n) is 2.16. The number of methoxy groups -OCH3 is 1. The number of nitrogens with one attached hydrogen (secondary N) is 1. The molecule has 0 saturated carbocycles. The molecule has 0 atom stereocenters. The first-order valence-electron chi connectivity index (χ1n) is 7.29. The van der Waals surface area contributed by atoms with E-state index < -0.39 is 0 Å². The van der Waals surface area contributed by atoms with Gasteiger partial charge < -0.3 is 15.0 Å². The number of ether oxygens (including phenoxy) is 1. The van der Waals surface area contributed by atoms with Gasteiger partial charge in [0.1, 0.15) is 0 Å². The smallest absolute Gasteiger partial charge is 0.0587 e. The lowest BCUT2D eigenvalue weighted by molar-refractivity contribution is 0.199. The van der Waals surface area contributed by atoms with Crippen molar-refractivity contribution >= 4 is 11.4 Å². The normalized spacial score (nSPS) is 10.6. The lowest BCUT2D eigenvalue weighted by Crippen LogP contribution is -2.18. The van der Waals surface area contributed by atoms with Crippen LogP contribution in [0.1, 0.15) is 11.1 Å². The third kappa shape index (κ3) is 4.59. The lowest BCUT2D eigenvalue weighted by atomic mass is 10.1.